The van der Waals surface area contributed by atoms with Gasteiger partial charge < -0.3 is 20.5 Å². The Hall–Kier alpha value is -2.24. The van der Waals surface area contributed by atoms with Gasteiger partial charge in [0.15, 0.2) is 0 Å². The van der Waals surface area contributed by atoms with Crippen molar-refractivity contribution < 1.29 is 19.4 Å². The Morgan fingerprint density at radius 2 is 2.14 bits per heavy atom. The van der Waals surface area contributed by atoms with Crippen molar-refractivity contribution in [2.45, 2.75) is 25.7 Å². The molecule has 1 aliphatic carbocycles. The Balaban J connectivity index is 1.91. The molecule has 114 valence electrons. The van der Waals surface area contributed by atoms with E-state index in [0.29, 0.717) is 12.3 Å². The van der Waals surface area contributed by atoms with Crippen molar-refractivity contribution in [3.63, 3.8) is 0 Å². The number of hydrogen-bond acceptors (Lipinski definition) is 3. The fourth-order valence-corrected chi connectivity index (χ4v) is 2.27. The molecule has 1 saturated carbocycles. The molecule has 0 heterocycles. The number of amides is 2. The number of carbonyl (C=O) groups excluding carboxylic acids is 1. The molecule has 0 saturated heterocycles. The molecule has 2 amide bonds. The van der Waals surface area contributed by atoms with Gasteiger partial charge in [-0.1, -0.05) is 19.3 Å². The van der Waals surface area contributed by atoms with Gasteiger partial charge in [0, 0.05) is 6.54 Å². The highest BCUT2D eigenvalue weighted by Crippen LogP contribution is 2.28. The van der Waals surface area contributed by atoms with Gasteiger partial charge in [0.05, 0.1) is 18.4 Å². The van der Waals surface area contributed by atoms with E-state index in [1.165, 1.54) is 38.5 Å². The maximum absolute atomic E-state index is 11.8. The van der Waals surface area contributed by atoms with Gasteiger partial charge >= 0.3 is 12.0 Å². The van der Waals surface area contributed by atoms with Gasteiger partial charge in [0.2, 0.25) is 0 Å². The Kier molecular flexibility index (Phi) is 5.03. The molecule has 0 spiro atoms. The normalized spacial score (nSPS) is 14.1. The first-order valence-corrected chi connectivity index (χ1v) is 7.06. The van der Waals surface area contributed by atoms with Crippen molar-refractivity contribution in [3.8, 4) is 5.75 Å². The first kappa shape index (κ1) is 15.2. The lowest BCUT2D eigenvalue weighted by Crippen LogP contribution is -2.31. The minimum absolute atomic E-state index is 0.00323. The van der Waals surface area contributed by atoms with Crippen LogP contribution >= 0.6 is 0 Å². The third-order valence-electron chi connectivity index (χ3n) is 3.77. The molecule has 1 aliphatic rings. The van der Waals surface area contributed by atoms with E-state index in [1.54, 1.807) is 6.07 Å². The number of carbonyl (C=O) groups is 2. The lowest BCUT2D eigenvalue weighted by molar-refractivity contribution is 0.0697. The van der Waals surface area contributed by atoms with E-state index in [0.717, 1.165) is 12.3 Å². The van der Waals surface area contributed by atoms with Crippen LogP contribution in [0, 0.1) is 5.92 Å². The first-order valence-electron chi connectivity index (χ1n) is 7.06. The molecule has 0 radical (unpaired) electrons. The monoisotopic (exact) mass is 292 g/mol. The minimum Gasteiger partial charge on any atom is -0.497 e. The largest absolute Gasteiger partial charge is 0.497 e. The topological polar surface area (TPSA) is 87.7 Å². The van der Waals surface area contributed by atoms with E-state index in [-0.39, 0.29) is 17.3 Å². The van der Waals surface area contributed by atoms with Crippen LogP contribution in [-0.2, 0) is 0 Å². The van der Waals surface area contributed by atoms with E-state index in [1.807, 2.05) is 0 Å². The molecule has 0 aromatic heterocycles. The van der Waals surface area contributed by atoms with Crippen LogP contribution in [0.5, 0.6) is 5.75 Å². The van der Waals surface area contributed by atoms with Gasteiger partial charge in [-0.25, -0.2) is 9.59 Å². The molecule has 1 aromatic rings. The zero-order valence-electron chi connectivity index (χ0n) is 12.0. The van der Waals surface area contributed by atoms with Crippen molar-refractivity contribution in [2.24, 2.45) is 5.92 Å². The van der Waals surface area contributed by atoms with E-state index in [4.69, 9.17) is 9.84 Å². The first-order chi connectivity index (χ1) is 10.1. The summed E-state index contributed by atoms with van der Waals surface area (Å²) in [6.45, 7) is 0.606. The van der Waals surface area contributed by atoms with Crippen molar-refractivity contribution >= 4 is 17.7 Å². The summed E-state index contributed by atoms with van der Waals surface area (Å²) < 4.78 is 4.98. The van der Waals surface area contributed by atoms with Crippen molar-refractivity contribution in [3.05, 3.63) is 23.8 Å². The molecule has 1 aromatic carbocycles. The Morgan fingerprint density at radius 3 is 2.71 bits per heavy atom. The third kappa shape index (κ3) is 4.11. The predicted octanol–water partition coefficient (Wildman–Crippen LogP) is 2.71. The second-order valence-corrected chi connectivity index (χ2v) is 5.18. The second-order valence-electron chi connectivity index (χ2n) is 5.18. The Morgan fingerprint density at radius 1 is 1.38 bits per heavy atom. The lowest BCUT2D eigenvalue weighted by Gasteiger charge is -2.25. The number of aromatic carboxylic acids is 1. The molecule has 0 unspecified atom stereocenters. The predicted molar refractivity (Wildman–Crippen MR) is 78.9 cm³/mol. The highest BCUT2D eigenvalue weighted by Gasteiger charge is 2.17. The fraction of sp³-hybridized carbons (Fsp3) is 0.467. The molecule has 0 bridgehead atoms. The minimum atomic E-state index is -1.11. The molecule has 6 heteroatoms. The number of hydrogen-bond donors (Lipinski definition) is 3. The molecule has 0 aliphatic heterocycles. The van der Waals surface area contributed by atoms with Gasteiger partial charge in [-0.3, -0.25) is 0 Å². The lowest BCUT2D eigenvalue weighted by atomic mass is 9.83. The Bertz CT molecular complexity index is 526. The number of ether oxygens (including phenoxy) is 1. The number of anilines is 1. The van der Waals surface area contributed by atoms with E-state index < -0.39 is 5.97 Å². The maximum atomic E-state index is 11.8. The quantitative estimate of drug-likeness (QED) is 0.752. The summed E-state index contributed by atoms with van der Waals surface area (Å²) in [7, 11) is 1.46. The number of carboxylic acids is 1. The molecular weight excluding hydrogens is 272 g/mol. The number of nitrogens with one attached hydrogen (secondary N) is 2. The summed E-state index contributed by atoms with van der Waals surface area (Å²) in [6, 6.07) is 4.12. The zero-order valence-corrected chi connectivity index (χ0v) is 12.0. The molecule has 21 heavy (non-hydrogen) atoms. The Labute approximate surface area is 123 Å². The van der Waals surface area contributed by atoms with Crippen LogP contribution < -0.4 is 15.4 Å². The summed E-state index contributed by atoms with van der Waals surface area (Å²) in [5.74, 6) is 0.0443. The van der Waals surface area contributed by atoms with Crippen LogP contribution in [-0.4, -0.2) is 30.8 Å². The molecule has 1 fully saturated rings. The second kappa shape index (κ2) is 6.97. The number of rotatable bonds is 6. The molecular formula is C15H20N2O4. The van der Waals surface area contributed by atoms with E-state index >= 15 is 0 Å². The number of carboxylic acid groups (broad SMARTS) is 1. The summed E-state index contributed by atoms with van der Waals surface area (Å²) in [5.41, 5.74) is 0.257. The highest BCUT2D eigenvalue weighted by atomic mass is 16.5. The smallest absolute Gasteiger partial charge is 0.337 e. The van der Waals surface area contributed by atoms with Gasteiger partial charge in [0.1, 0.15) is 5.75 Å². The molecule has 3 N–H and O–H groups in total. The summed E-state index contributed by atoms with van der Waals surface area (Å²) in [4.78, 5) is 23.0. The summed E-state index contributed by atoms with van der Waals surface area (Å²) in [5, 5.41) is 14.5. The summed E-state index contributed by atoms with van der Waals surface area (Å²) >= 11 is 0. The number of benzene rings is 1. The SMILES string of the molecule is COc1ccc(NC(=O)NCCC2CCC2)c(C(=O)O)c1. The molecule has 2 rings (SSSR count). The third-order valence-corrected chi connectivity index (χ3v) is 3.77. The van der Waals surface area contributed by atoms with Crippen molar-refractivity contribution in [1.29, 1.82) is 0 Å². The molecule has 0 atom stereocenters. The number of methoxy groups -OCH3 is 1. The fourth-order valence-electron chi connectivity index (χ4n) is 2.27. The van der Waals surface area contributed by atoms with Gasteiger partial charge in [0.25, 0.3) is 0 Å². The van der Waals surface area contributed by atoms with E-state index in [2.05, 4.69) is 10.6 Å². The standard InChI is InChI=1S/C15H20N2O4/c1-21-11-5-6-13(12(9-11)14(18)19)17-15(20)16-8-7-10-3-2-4-10/h5-6,9-10H,2-4,7-8H2,1H3,(H,18,19)(H2,16,17,20). The average molecular weight is 292 g/mol. The van der Waals surface area contributed by atoms with Crippen LogP contribution in [0.1, 0.15) is 36.0 Å². The van der Waals surface area contributed by atoms with Gasteiger partial charge in [-0.2, -0.15) is 0 Å². The number of urea groups is 1. The van der Waals surface area contributed by atoms with Gasteiger partial charge in [-0.05, 0) is 30.5 Å². The van der Waals surface area contributed by atoms with Crippen LogP contribution in [0.25, 0.3) is 0 Å². The van der Waals surface area contributed by atoms with Crippen molar-refractivity contribution in [2.75, 3.05) is 19.0 Å². The maximum Gasteiger partial charge on any atom is 0.337 e. The van der Waals surface area contributed by atoms with Crippen LogP contribution in [0.2, 0.25) is 0 Å². The van der Waals surface area contributed by atoms with Crippen LogP contribution in [0.15, 0.2) is 18.2 Å². The molecule has 6 nitrogen and oxygen atoms in total. The van der Waals surface area contributed by atoms with Crippen molar-refractivity contribution in [1.82, 2.24) is 5.32 Å². The summed E-state index contributed by atoms with van der Waals surface area (Å²) in [6.07, 6.45) is 4.74. The van der Waals surface area contributed by atoms with Crippen LogP contribution in [0.3, 0.4) is 0 Å². The highest BCUT2D eigenvalue weighted by molar-refractivity contribution is 6.00. The van der Waals surface area contributed by atoms with E-state index in [9.17, 15) is 9.59 Å². The van der Waals surface area contributed by atoms with Gasteiger partial charge in [-0.15, -0.1) is 0 Å². The zero-order chi connectivity index (χ0) is 15.2. The average Bonchev–Trinajstić information content (AvgIpc) is 2.41. The van der Waals surface area contributed by atoms with Crippen LogP contribution in [0.4, 0.5) is 10.5 Å².